The zero-order valence-electron chi connectivity index (χ0n) is 12.0. The molecule has 1 saturated heterocycles. The highest BCUT2D eigenvalue weighted by atomic mass is 15.2. The van der Waals surface area contributed by atoms with Crippen LogP contribution in [0.15, 0.2) is 6.07 Å². The summed E-state index contributed by atoms with van der Waals surface area (Å²) in [7, 11) is 1.94. The molecule has 2 aliphatic rings. The number of aromatic nitrogens is 2. The van der Waals surface area contributed by atoms with Crippen molar-refractivity contribution >= 4 is 11.6 Å². The Kier molecular flexibility index (Phi) is 3.58. The van der Waals surface area contributed by atoms with Crippen LogP contribution in [-0.4, -0.2) is 29.6 Å². The van der Waals surface area contributed by atoms with Crippen molar-refractivity contribution in [3.8, 4) is 0 Å². The van der Waals surface area contributed by atoms with Crippen LogP contribution in [0.2, 0.25) is 0 Å². The van der Waals surface area contributed by atoms with E-state index < -0.39 is 0 Å². The normalized spacial score (nSPS) is 24.1. The zero-order chi connectivity index (χ0) is 13.2. The minimum Gasteiger partial charge on any atom is -0.373 e. The summed E-state index contributed by atoms with van der Waals surface area (Å²) in [6.45, 7) is 3.45. The fourth-order valence-corrected chi connectivity index (χ4v) is 2.87. The predicted octanol–water partition coefficient (Wildman–Crippen LogP) is 3.16. The maximum Gasteiger partial charge on any atom is 0.136 e. The van der Waals surface area contributed by atoms with Gasteiger partial charge in [-0.25, -0.2) is 9.97 Å². The minimum atomic E-state index is 0.592. The molecule has 1 aromatic rings. The molecule has 104 valence electrons. The average molecular weight is 260 g/mol. The van der Waals surface area contributed by atoms with Crippen molar-refractivity contribution in [1.82, 2.24) is 9.97 Å². The Bertz CT molecular complexity index is 442. The van der Waals surface area contributed by atoms with E-state index in [1.54, 1.807) is 0 Å². The second-order valence-corrected chi connectivity index (χ2v) is 5.89. The van der Waals surface area contributed by atoms with Crippen LogP contribution < -0.4 is 10.2 Å². The lowest BCUT2D eigenvalue weighted by atomic mass is 10.1. The lowest BCUT2D eigenvalue weighted by Crippen LogP contribution is -2.33. The smallest absolute Gasteiger partial charge is 0.136 e. The van der Waals surface area contributed by atoms with Gasteiger partial charge >= 0.3 is 0 Å². The molecule has 3 rings (SSSR count). The molecule has 1 aromatic heterocycles. The second-order valence-electron chi connectivity index (χ2n) is 5.89. The van der Waals surface area contributed by atoms with Crippen molar-refractivity contribution in [3.63, 3.8) is 0 Å². The first kappa shape index (κ1) is 12.7. The molecule has 0 bridgehead atoms. The van der Waals surface area contributed by atoms with Crippen LogP contribution in [0.25, 0.3) is 0 Å². The molecule has 1 N–H and O–H groups in total. The van der Waals surface area contributed by atoms with Gasteiger partial charge in [0.15, 0.2) is 0 Å². The standard InChI is InChI=1S/C15H24N4/c1-11-6-4-3-5-9-19(11)14-10-13(16-2)17-15(18-14)12-7-8-12/h10-12H,3-9H2,1-2H3,(H,16,17,18). The zero-order valence-corrected chi connectivity index (χ0v) is 12.0. The van der Waals surface area contributed by atoms with Crippen LogP contribution in [0.4, 0.5) is 11.6 Å². The number of nitrogens with one attached hydrogen (secondary N) is 1. The Hall–Kier alpha value is -1.32. The summed E-state index contributed by atoms with van der Waals surface area (Å²) in [5, 5.41) is 3.18. The molecule has 2 fully saturated rings. The van der Waals surface area contributed by atoms with E-state index in [4.69, 9.17) is 4.98 Å². The first-order valence-corrected chi connectivity index (χ1v) is 7.61. The molecule has 2 heterocycles. The van der Waals surface area contributed by atoms with Crippen molar-refractivity contribution in [2.75, 3.05) is 23.8 Å². The van der Waals surface area contributed by atoms with Gasteiger partial charge in [-0.3, -0.25) is 0 Å². The molecule has 1 atom stereocenters. The van der Waals surface area contributed by atoms with Crippen LogP contribution >= 0.6 is 0 Å². The van der Waals surface area contributed by atoms with Gasteiger partial charge < -0.3 is 10.2 Å². The van der Waals surface area contributed by atoms with E-state index in [1.807, 2.05) is 7.05 Å². The van der Waals surface area contributed by atoms with Crippen molar-refractivity contribution in [2.45, 2.75) is 57.4 Å². The molecule has 1 unspecified atom stereocenters. The van der Waals surface area contributed by atoms with Crippen LogP contribution in [-0.2, 0) is 0 Å². The van der Waals surface area contributed by atoms with Gasteiger partial charge in [0.2, 0.25) is 0 Å². The van der Waals surface area contributed by atoms with E-state index in [0.29, 0.717) is 12.0 Å². The summed E-state index contributed by atoms with van der Waals surface area (Å²) >= 11 is 0. The molecule has 0 spiro atoms. The predicted molar refractivity (Wildman–Crippen MR) is 78.8 cm³/mol. The van der Waals surface area contributed by atoms with Crippen molar-refractivity contribution in [3.05, 3.63) is 11.9 Å². The molecule has 1 saturated carbocycles. The SMILES string of the molecule is CNc1cc(N2CCCCCC2C)nc(C2CC2)n1. The van der Waals surface area contributed by atoms with Crippen LogP contribution in [0, 0.1) is 0 Å². The molecule has 19 heavy (non-hydrogen) atoms. The number of nitrogens with zero attached hydrogens (tertiary/aromatic N) is 3. The maximum absolute atomic E-state index is 4.83. The number of hydrogen-bond donors (Lipinski definition) is 1. The minimum absolute atomic E-state index is 0.592. The number of rotatable bonds is 3. The van der Waals surface area contributed by atoms with E-state index >= 15 is 0 Å². The van der Waals surface area contributed by atoms with Crippen molar-refractivity contribution < 1.29 is 0 Å². The Labute approximate surface area is 115 Å². The topological polar surface area (TPSA) is 41.0 Å². The van der Waals surface area contributed by atoms with Gasteiger partial charge in [-0.15, -0.1) is 0 Å². The highest BCUT2D eigenvalue weighted by molar-refractivity contribution is 5.50. The summed E-state index contributed by atoms with van der Waals surface area (Å²) in [4.78, 5) is 11.9. The molecule has 0 radical (unpaired) electrons. The summed E-state index contributed by atoms with van der Waals surface area (Å²) < 4.78 is 0. The molecule has 1 aliphatic heterocycles. The van der Waals surface area contributed by atoms with Crippen LogP contribution in [0.3, 0.4) is 0 Å². The summed E-state index contributed by atoms with van der Waals surface area (Å²) in [6, 6.07) is 2.70. The Morgan fingerprint density at radius 3 is 2.74 bits per heavy atom. The van der Waals surface area contributed by atoms with E-state index in [-0.39, 0.29) is 0 Å². The quantitative estimate of drug-likeness (QED) is 0.906. The van der Waals surface area contributed by atoms with Gasteiger partial charge in [-0.2, -0.15) is 0 Å². The fourth-order valence-electron chi connectivity index (χ4n) is 2.87. The summed E-state index contributed by atoms with van der Waals surface area (Å²) in [5.74, 6) is 3.73. The monoisotopic (exact) mass is 260 g/mol. The van der Waals surface area contributed by atoms with Gasteiger partial charge in [0.05, 0.1) is 0 Å². The Morgan fingerprint density at radius 1 is 1.16 bits per heavy atom. The first-order chi connectivity index (χ1) is 9.28. The average Bonchev–Trinajstić information content (AvgIpc) is 3.25. The molecular weight excluding hydrogens is 236 g/mol. The van der Waals surface area contributed by atoms with E-state index in [0.717, 1.165) is 24.0 Å². The Morgan fingerprint density at radius 2 is 2.00 bits per heavy atom. The third-order valence-electron chi connectivity index (χ3n) is 4.28. The Balaban J connectivity index is 1.90. The molecular formula is C15H24N4. The fraction of sp³-hybridized carbons (Fsp3) is 0.733. The van der Waals surface area contributed by atoms with Gasteiger partial charge in [-0.05, 0) is 32.6 Å². The van der Waals surface area contributed by atoms with E-state index in [2.05, 4.69) is 28.2 Å². The molecule has 4 heteroatoms. The van der Waals surface area contributed by atoms with Gasteiger partial charge in [0.25, 0.3) is 0 Å². The molecule has 0 aromatic carbocycles. The summed E-state index contributed by atoms with van der Waals surface area (Å²) in [6.07, 6.45) is 7.75. The highest BCUT2D eigenvalue weighted by Crippen LogP contribution is 2.39. The molecule has 1 aliphatic carbocycles. The second kappa shape index (κ2) is 5.35. The van der Waals surface area contributed by atoms with E-state index in [9.17, 15) is 0 Å². The van der Waals surface area contributed by atoms with Gasteiger partial charge in [-0.1, -0.05) is 12.8 Å². The molecule has 4 nitrogen and oxygen atoms in total. The third-order valence-corrected chi connectivity index (χ3v) is 4.28. The number of anilines is 2. The van der Waals surface area contributed by atoms with Gasteiger partial charge in [0.1, 0.15) is 17.5 Å². The lowest BCUT2D eigenvalue weighted by Gasteiger charge is -2.28. The van der Waals surface area contributed by atoms with E-state index in [1.165, 1.54) is 38.5 Å². The third kappa shape index (κ3) is 2.82. The van der Waals surface area contributed by atoms with Crippen molar-refractivity contribution in [2.24, 2.45) is 0 Å². The van der Waals surface area contributed by atoms with Crippen molar-refractivity contribution in [1.29, 1.82) is 0 Å². The summed E-state index contributed by atoms with van der Waals surface area (Å²) in [5.41, 5.74) is 0. The van der Waals surface area contributed by atoms with Crippen LogP contribution in [0.5, 0.6) is 0 Å². The largest absolute Gasteiger partial charge is 0.373 e. The first-order valence-electron chi connectivity index (χ1n) is 7.61. The lowest BCUT2D eigenvalue weighted by molar-refractivity contribution is 0.609. The number of hydrogen-bond acceptors (Lipinski definition) is 4. The highest BCUT2D eigenvalue weighted by Gasteiger charge is 2.28. The van der Waals surface area contributed by atoms with Gasteiger partial charge in [0, 0.05) is 31.6 Å². The molecule has 0 amide bonds. The van der Waals surface area contributed by atoms with Crippen LogP contribution in [0.1, 0.15) is 57.2 Å². The maximum atomic E-state index is 4.83.